The van der Waals surface area contributed by atoms with Gasteiger partial charge in [-0.15, -0.1) is 0 Å². The molecule has 0 radical (unpaired) electrons. The number of rotatable bonds is 5. The lowest BCUT2D eigenvalue weighted by Gasteiger charge is -2.31. The van der Waals surface area contributed by atoms with Crippen LogP contribution in [0.3, 0.4) is 0 Å². The van der Waals surface area contributed by atoms with Gasteiger partial charge < -0.3 is 5.11 Å². The van der Waals surface area contributed by atoms with Gasteiger partial charge in [-0.25, -0.2) is 12.8 Å². The molecule has 0 aliphatic carbocycles. The Balaban J connectivity index is 3.26. The third-order valence-electron chi connectivity index (χ3n) is 2.95. The predicted molar refractivity (Wildman–Crippen MR) is 72.8 cm³/mol. The highest BCUT2D eigenvalue weighted by molar-refractivity contribution is 9.11. The molecule has 6 heteroatoms. The number of hydrogen-bond acceptors (Lipinski definition) is 3. The number of aliphatic hydroxyl groups is 1. The van der Waals surface area contributed by atoms with E-state index < -0.39 is 25.4 Å². The minimum atomic E-state index is -3.53. The van der Waals surface area contributed by atoms with Crippen LogP contribution in [0.1, 0.15) is 31.9 Å². The maximum Gasteiger partial charge on any atom is 0.168 e. The van der Waals surface area contributed by atoms with Gasteiger partial charge in [0, 0.05) is 5.75 Å². The Labute approximate surface area is 115 Å². The van der Waals surface area contributed by atoms with Crippen molar-refractivity contribution in [2.24, 2.45) is 0 Å². The summed E-state index contributed by atoms with van der Waals surface area (Å²) in [6.45, 7) is 3.17. The van der Waals surface area contributed by atoms with Crippen molar-refractivity contribution in [3.8, 4) is 0 Å². The molecule has 1 rings (SSSR count). The second kappa shape index (κ2) is 5.67. The van der Waals surface area contributed by atoms with Gasteiger partial charge in [-0.2, -0.15) is 0 Å². The van der Waals surface area contributed by atoms with Gasteiger partial charge >= 0.3 is 0 Å². The Hall–Kier alpha value is -0.460. The first-order chi connectivity index (χ1) is 8.28. The Kier molecular flexibility index (Phi) is 4.91. The minimum absolute atomic E-state index is 0.0987. The van der Waals surface area contributed by atoms with Crippen molar-refractivity contribution in [2.75, 3.05) is 5.75 Å². The number of benzene rings is 1. The summed E-state index contributed by atoms with van der Waals surface area (Å²) in [6.07, 6.45) is -1.14. The van der Waals surface area contributed by atoms with Gasteiger partial charge in [0.25, 0.3) is 0 Å². The fourth-order valence-electron chi connectivity index (χ4n) is 1.75. The molecular formula is C12H16BrFO3S. The monoisotopic (exact) mass is 338 g/mol. The Morgan fingerprint density at radius 3 is 2.50 bits per heavy atom. The second-order valence-electron chi connectivity index (χ2n) is 4.00. The number of hydrogen-bond donors (Lipinski definition) is 1. The molecule has 1 aromatic carbocycles. The standard InChI is InChI=1S/C12H16BrFO3S/c1-3-12(13,18(16,17)4-2)11(15)9-6-5-7-10(14)8-9/h5-8,11,15H,3-4H2,1-2H3/t11-,12-/m1/s1. The van der Waals surface area contributed by atoms with Crippen molar-refractivity contribution in [1.82, 2.24) is 0 Å². The first kappa shape index (κ1) is 15.6. The summed E-state index contributed by atoms with van der Waals surface area (Å²) in [7, 11) is -3.53. The molecule has 0 saturated carbocycles. The molecule has 0 amide bonds. The maximum atomic E-state index is 13.1. The van der Waals surface area contributed by atoms with E-state index in [4.69, 9.17) is 0 Å². The predicted octanol–water partition coefficient (Wildman–Crippen LogP) is 2.80. The number of halogens is 2. The van der Waals surface area contributed by atoms with E-state index in [1.807, 2.05) is 0 Å². The first-order valence-electron chi connectivity index (χ1n) is 5.63. The molecule has 3 nitrogen and oxygen atoms in total. The minimum Gasteiger partial charge on any atom is -0.386 e. The lowest BCUT2D eigenvalue weighted by atomic mass is 10.0. The van der Waals surface area contributed by atoms with Gasteiger partial charge in [0.15, 0.2) is 13.5 Å². The summed E-state index contributed by atoms with van der Waals surface area (Å²) in [4.78, 5) is 0. The van der Waals surface area contributed by atoms with Crippen molar-refractivity contribution in [3.63, 3.8) is 0 Å². The summed E-state index contributed by atoms with van der Waals surface area (Å²) in [5, 5.41) is 10.2. The molecular weight excluding hydrogens is 323 g/mol. The van der Waals surface area contributed by atoms with Crippen LogP contribution in [0, 0.1) is 5.82 Å². The zero-order valence-corrected chi connectivity index (χ0v) is 12.6. The molecule has 0 aliphatic rings. The molecule has 0 aromatic heterocycles. The molecule has 18 heavy (non-hydrogen) atoms. The molecule has 0 spiro atoms. The van der Waals surface area contributed by atoms with E-state index >= 15 is 0 Å². The van der Waals surface area contributed by atoms with Crippen LogP contribution in [0.2, 0.25) is 0 Å². The van der Waals surface area contributed by atoms with Crippen LogP contribution in [0.25, 0.3) is 0 Å². The van der Waals surface area contributed by atoms with Crippen molar-refractivity contribution in [1.29, 1.82) is 0 Å². The fraction of sp³-hybridized carbons (Fsp3) is 0.500. The third-order valence-corrected chi connectivity index (χ3v) is 7.73. The molecule has 0 aliphatic heterocycles. The molecule has 0 heterocycles. The summed E-state index contributed by atoms with van der Waals surface area (Å²) in [6, 6.07) is 5.33. The molecule has 1 aromatic rings. The van der Waals surface area contributed by atoms with Crippen LogP contribution in [-0.2, 0) is 9.84 Å². The van der Waals surface area contributed by atoms with E-state index in [-0.39, 0.29) is 17.7 Å². The van der Waals surface area contributed by atoms with Crippen LogP contribution in [0.5, 0.6) is 0 Å². The topological polar surface area (TPSA) is 54.4 Å². The van der Waals surface area contributed by atoms with Crippen LogP contribution < -0.4 is 0 Å². The lowest BCUT2D eigenvalue weighted by Crippen LogP contribution is -2.39. The van der Waals surface area contributed by atoms with Crippen LogP contribution in [-0.4, -0.2) is 22.9 Å². The molecule has 0 fully saturated rings. The van der Waals surface area contributed by atoms with Crippen molar-refractivity contribution >= 4 is 25.8 Å². The van der Waals surface area contributed by atoms with Gasteiger partial charge in [-0.3, -0.25) is 0 Å². The molecule has 0 unspecified atom stereocenters. The largest absolute Gasteiger partial charge is 0.386 e. The Morgan fingerprint density at radius 2 is 2.06 bits per heavy atom. The Morgan fingerprint density at radius 1 is 1.44 bits per heavy atom. The highest BCUT2D eigenvalue weighted by Gasteiger charge is 2.45. The van der Waals surface area contributed by atoms with Gasteiger partial charge in [0.1, 0.15) is 11.9 Å². The van der Waals surface area contributed by atoms with Crippen LogP contribution >= 0.6 is 15.9 Å². The summed E-state index contributed by atoms with van der Waals surface area (Å²) < 4.78 is 35.7. The van der Waals surface area contributed by atoms with E-state index in [2.05, 4.69) is 15.9 Å². The van der Waals surface area contributed by atoms with E-state index in [0.29, 0.717) is 0 Å². The van der Waals surface area contributed by atoms with Crippen molar-refractivity contribution in [3.05, 3.63) is 35.6 Å². The van der Waals surface area contributed by atoms with Gasteiger partial charge in [-0.1, -0.05) is 41.9 Å². The molecule has 1 N–H and O–H groups in total. The average molecular weight is 339 g/mol. The van der Waals surface area contributed by atoms with E-state index in [0.717, 1.165) is 6.07 Å². The molecule has 2 atom stereocenters. The number of alkyl halides is 1. The molecule has 0 saturated heterocycles. The molecule has 102 valence electrons. The SMILES string of the molecule is CC[C@](Br)([C@H](O)c1cccc(F)c1)S(=O)(=O)CC. The fourth-order valence-corrected chi connectivity index (χ4v) is 4.10. The highest BCUT2D eigenvalue weighted by atomic mass is 79.9. The zero-order valence-electron chi connectivity index (χ0n) is 10.2. The number of sulfone groups is 1. The summed E-state index contributed by atoms with van der Waals surface area (Å²) in [5.41, 5.74) is 0.241. The van der Waals surface area contributed by atoms with Gasteiger partial charge in [-0.05, 0) is 24.1 Å². The first-order valence-corrected chi connectivity index (χ1v) is 8.07. The molecule has 0 bridgehead atoms. The van der Waals surface area contributed by atoms with Crippen molar-refractivity contribution < 1.29 is 17.9 Å². The third kappa shape index (κ3) is 2.75. The second-order valence-corrected chi connectivity index (χ2v) is 8.48. The smallest absolute Gasteiger partial charge is 0.168 e. The summed E-state index contributed by atoms with van der Waals surface area (Å²) >= 11 is 3.13. The van der Waals surface area contributed by atoms with E-state index in [1.54, 1.807) is 6.92 Å². The highest BCUT2D eigenvalue weighted by Crippen LogP contribution is 2.42. The van der Waals surface area contributed by atoms with Crippen LogP contribution in [0.4, 0.5) is 4.39 Å². The maximum absolute atomic E-state index is 13.1. The van der Waals surface area contributed by atoms with E-state index in [9.17, 15) is 17.9 Å². The quantitative estimate of drug-likeness (QED) is 0.840. The Bertz CT molecular complexity index is 518. The lowest BCUT2D eigenvalue weighted by molar-refractivity contribution is 0.159. The normalized spacial score (nSPS) is 17.2. The zero-order chi connectivity index (χ0) is 14.0. The van der Waals surface area contributed by atoms with Gasteiger partial charge in [0.05, 0.1) is 0 Å². The van der Waals surface area contributed by atoms with Crippen molar-refractivity contribution in [2.45, 2.75) is 30.0 Å². The van der Waals surface area contributed by atoms with E-state index in [1.165, 1.54) is 25.1 Å². The van der Waals surface area contributed by atoms with Gasteiger partial charge in [0.2, 0.25) is 0 Å². The summed E-state index contributed by atoms with van der Waals surface area (Å²) in [5.74, 6) is -0.607. The van der Waals surface area contributed by atoms with Crippen LogP contribution in [0.15, 0.2) is 24.3 Å². The number of aliphatic hydroxyl groups excluding tert-OH is 1. The average Bonchev–Trinajstić information content (AvgIpc) is 2.36.